The van der Waals surface area contributed by atoms with E-state index in [4.69, 9.17) is 19.6 Å². The van der Waals surface area contributed by atoms with E-state index >= 15 is 0 Å². The number of carbonyl (C=O) groups is 3. The van der Waals surface area contributed by atoms with Crippen molar-refractivity contribution in [1.82, 2.24) is 20.2 Å². The molecule has 2 aliphatic heterocycles. The minimum absolute atomic E-state index is 0. The van der Waals surface area contributed by atoms with Gasteiger partial charge in [-0.15, -0.1) is 0 Å². The van der Waals surface area contributed by atoms with Crippen LogP contribution < -0.4 is 96.8 Å². The minimum atomic E-state index is -5.96. The number of aliphatic hydroxyl groups is 6. The van der Waals surface area contributed by atoms with Crippen molar-refractivity contribution >= 4 is 42.4 Å². The molecule has 2 aliphatic rings. The number of phenolic OH excluding ortho intramolecular Hbond substituents is 1. The number of nitrogens with one attached hydrogen (secondary N) is 2. The van der Waals surface area contributed by atoms with Crippen LogP contribution in [0.4, 0.5) is 5.82 Å². The van der Waals surface area contributed by atoms with Crippen molar-refractivity contribution in [2.45, 2.75) is 73.6 Å². The number of carboxylic acids is 1. The number of nitrogen functional groups attached to an aromatic ring is 1. The Morgan fingerprint density at radius 3 is 2.44 bits per heavy atom. The predicted molar refractivity (Wildman–Crippen MR) is 179 cm³/mol. The Bertz CT molecular complexity index is 2160. The summed E-state index contributed by atoms with van der Waals surface area (Å²) in [4.78, 5) is 78.6. The van der Waals surface area contributed by atoms with Gasteiger partial charge in [-0.3, -0.25) is 23.2 Å². The molecule has 0 radical (unpaired) electrons. The number of carboxylic acid groups (broad SMARTS) is 1. The topological polar surface area (TPSA) is 408 Å². The zero-order valence-corrected chi connectivity index (χ0v) is 35.9. The van der Waals surface area contributed by atoms with Crippen molar-refractivity contribution in [3.8, 4) is 5.75 Å². The number of carbonyl (C=O) groups excluding carboxylic acids is 3. The summed E-state index contributed by atoms with van der Waals surface area (Å²) in [5.74, 6) is -8.35. The van der Waals surface area contributed by atoms with E-state index in [1.54, 1.807) is 0 Å². The van der Waals surface area contributed by atoms with Crippen LogP contribution in [-0.2, 0) is 43.9 Å². The van der Waals surface area contributed by atoms with Crippen LogP contribution in [0.25, 0.3) is 11.0 Å². The Morgan fingerprint density at radius 1 is 1.10 bits per heavy atom. The molecule has 11 atom stereocenters. The molecule has 25 nitrogen and oxygen atoms in total. The summed E-state index contributed by atoms with van der Waals surface area (Å²) >= 11 is 0. The monoisotopic (exact) mass is 875 g/mol. The molecule has 0 aliphatic carbocycles. The first kappa shape index (κ1) is 50.5. The number of phosphoric acid groups is 1. The first-order valence-electron chi connectivity index (χ1n) is 16.6. The molecule has 0 saturated carbocycles. The van der Waals surface area contributed by atoms with Crippen molar-refractivity contribution in [3.63, 3.8) is 0 Å². The number of hydrogen-bond acceptors (Lipinski definition) is 22. The number of phosphoric ester groups is 1. The Balaban J connectivity index is 0.00000465. The maximum atomic E-state index is 13.0. The number of aliphatic carboxylic acids is 1. The number of aromatic nitrogens is 2. The normalized spacial score (nSPS) is 27.3. The van der Waals surface area contributed by atoms with Gasteiger partial charge in [0.25, 0.3) is 7.82 Å². The Hall–Kier alpha value is -2.89. The molecule has 11 N–H and O–H groups in total. The van der Waals surface area contributed by atoms with E-state index in [9.17, 15) is 74.3 Å². The van der Waals surface area contributed by atoms with E-state index in [0.717, 1.165) is 29.0 Å². The summed E-state index contributed by atoms with van der Waals surface area (Å²) in [7, 11) is -5.96. The summed E-state index contributed by atoms with van der Waals surface area (Å²) in [5.41, 5.74) is 3.73. The first-order chi connectivity index (χ1) is 26.7. The summed E-state index contributed by atoms with van der Waals surface area (Å²) in [6.45, 7) is -3.21. The third-order valence-electron chi connectivity index (χ3n) is 8.86. The fraction of sp³-hybridized carbons (Fsp3) is 0.484. The summed E-state index contributed by atoms with van der Waals surface area (Å²) in [6.07, 6.45) is -16.8. The van der Waals surface area contributed by atoms with Gasteiger partial charge in [0.05, 0.1) is 38.3 Å². The number of hydrogen-bond donors (Lipinski definition) is 10. The minimum Gasteiger partial charge on any atom is -0.756 e. The van der Waals surface area contributed by atoms with E-state index in [2.05, 4.69) is 24.7 Å². The van der Waals surface area contributed by atoms with Crippen LogP contribution in [0.3, 0.4) is 0 Å². The van der Waals surface area contributed by atoms with Gasteiger partial charge in [0.2, 0.25) is 17.6 Å². The van der Waals surface area contributed by atoms with Gasteiger partial charge >= 0.3 is 70.4 Å². The molecule has 5 rings (SSSR count). The molecule has 3 aromatic rings. The molecule has 6 unspecified atom stereocenters. The molecular weight excluding hydrogens is 839 g/mol. The predicted octanol–water partition coefficient (Wildman–Crippen LogP) is -13.1. The summed E-state index contributed by atoms with van der Waals surface area (Å²) in [5, 5.41) is 89.0. The van der Waals surface area contributed by atoms with Gasteiger partial charge in [0.15, 0.2) is 6.23 Å². The molecule has 2 amide bonds. The number of phenols is 1. The number of fused-ring (bicyclic) bond motifs is 1. The Morgan fingerprint density at radius 2 is 1.80 bits per heavy atom. The zero-order valence-electron chi connectivity index (χ0n) is 31.1. The molecule has 312 valence electrons. The average Bonchev–Trinajstić information content (AvgIpc) is 3.41. The van der Waals surface area contributed by atoms with Gasteiger partial charge in [-0.05, 0) is 23.8 Å². The molecule has 0 spiro atoms. The van der Waals surface area contributed by atoms with E-state index in [-0.39, 0.29) is 81.8 Å². The van der Waals surface area contributed by atoms with E-state index in [0.29, 0.717) is 5.39 Å². The fourth-order valence-corrected chi connectivity index (χ4v) is 7.02. The van der Waals surface area contributed by atoms with Crippen molar-refractivity contribution in [3.05, 3.63) is 63.0 Å². The van der Waals surface area contributed by atoms with Crippen LogP contribution in [0.5, 0.6) is 5.75 Å². The van der Waals surface area contributed by atoms with Crippen molar-refractivity contribution in [2.75, 3.05) is 25.5 Å². The number of rotatable bonds is 15. The molecule has 2 fully saturated rings. The largest absolute Gasteiger partial charge is 1.00 e. The van der Waals surface area contributed by atoms with Crippen LogP contribution in [-0.4, -0.2) is 137 Å². The van der Waals surface area contributed by atoms with Gasteiger partial charge in [-0.25, -0.2) is 9.59 Å². The Labute approximate surface area is 374 Å². The third kappa shape index (κ3) is 11.9. The standard InChI is InChI=1S/C31H38N5O20P.2Na/c32-19-3-4-36(30(49)34-19)28-26(46)25(45)18(54-28)11-52-57(50,51)56-31(29(47)48)8-15(39)23(27(55-31)24(44)16(40)10-37)35-21(42)9-33-20(41)5-12-6-22(43)53-17-7-13(38)1-2-14(12)17;;/h1-4,6-7,15-16,18,23-28,37-40,44-46H,5,8-11H2,(H,33,41)(H,35,42)(H,47,48)(H,50,51)(H2,32,34,49);;/q;2*+1/p-2/t15?,16-,18-,23?,24-,25+,26?,27?,28-,31?;;/m1../s1. The second-order valence-electron chi connectivity index (χ2n) is 12.9. The van der Waals surface area contributed by atoms with Crippen molar-refractivity contribution in [1.29, 1.82) is 0 Å². The van der Waals surface area contributed by atoms with Crippen LogP contribution in [0.1, 0.15) is 18.2 Å². The number of ether oxygens (including phenoxy) is 2. The maximum absolute atomic E-state index is 13.0. The SMILES string of the molecule is Nc1ccn([C@@H]2O[C@H](COP(=O)([O-])OC3(C(=O)[O-])CC(O)C(NC(=O)CNC(=O)Cc4cc(=O)oc5cc(O)ccc45)C([C@H](O)[C@H](O)CO)O3)[C@H](O)C2O)c(=O)n1.[Na+].[Na+]. The number of nitrogens with zero attached hydrogens (tertiary/aromatic N) is 2. The van der Waals surface area contributed by atoms with Gasteiger partial charge in [0.1, 0.15) is 59.7 Å². The molecule has 4 heterocycles. The van der Waals surface area contributed by atoms with Gasteiger partial charge in [-0.1, -0.05) is 0 Å². The third-order valence-corrected chi connectivity index (χ3v) is 9.84. The van der Waals surface area contributed by atoms with Crippen molar-refractivity contribution in [2.24, 2.45) is 0 Å². The molecule has 2 aromatic heterocycles. The van der Waals surface area contributed by atoms with Gasteiger partial charge in [-0.2, -0.15) is 4.98 Å². The number of amides is 2. The zero-order chi connectivity index (χ0) is 42.0. The number of nitrogens with two attached hydrogens (primary N) is 1. The van der Waals surface area contributed by atoms with Crippen LogP contribution >= 0.6 is 7.82 Å². The Kier molecular flexibility index (Phi) is 17.8. The molecule has 28 heteroatoms. The molecule has 1 aromatic carbocycles. The smallest absolute Gasteiger partial charge is 0.756 e. The summed E-state index contributed by atoms with van der Waals surface area (Å²) < 4.78 is 38.7. The van der Waals surface area contributed by atoms with Crippen LogP contribution in [0.15, 0.2) is 50.5 Å². The summed E-state index contributed by atoms with van der Waals surface area (Å²) in [6, 6.07) is 4.09. The number of aliphatic hydroxyl groups excluding tert-OH is 6. The maximum Gasteiger partial charge on any atom is 1.00 e. The molecule has 2 saturated heterocycles. The second-order valence-corrected chi connectivity index (χ2v) is 14.2. The van der Waals surface area contributed by atoms with Gasteiger partial charge in [0, 0.05) is 30.1 Å². The van der Waals surface area contributed by atoms with E-state index in [1.807, 2.05) is 0 Å². The van der Waals surface area contributed by atoms with E-state index < -0.39 is 130 Å². The van der Waals surface area contributed by atoms with Crippen molar-refractivity contribution < 1.29 is 147 Å². The number of anilines is 1. The van der Waals surface area contributed by atoms with Gasteiger partial charge < -0.3 is 85.3 Å². The quantitative estimate of drug-likeness (QED) is 0.0385. The van der Waals surface area contributed by atoms with Crippen LogP contribution in [0, 0.1) is 0 Å². The van der Waals surface area contributed by atoms with E-state index in [1.165, 1.54) is 12.1 Å². The molecular formula is C31H36N5Na2O20P. The second kappa shape index (κ2) is 20.8. The van der Waals surface area contributed by atoms with Crippen LogP contribution in [0.2, 0.25) is 0 Å². The number of benzene rings is 1. The molecule has 59 heavy (non-hydrogen) atoms. The fourth-order valence-electron chi connectivity index (χ4n) is 6.08. The first-order valence-corrected chi connectivity index (χ1v) is 18.1. The number of aromatic hydroxyl groups is 1. The molecule has 0 bridgehead atoms. The average molecular weight is 876 g/mol.